The molecule has 0 amide bonds. The van der Waals surface area contributed by atoms with Gasteiger partial charge >= 0.3 is 0 Å². The van der Waals surface area contributed by atoms with E-state index in [2.05, 4.69) is 49.3 Å². The highest BCUT2D eigenvalue weighted by Crippen LogP contribution is 2.32. The Bertz CT molecular complexity index is 1560. The van der Waals surface area contributed by atoms with Gasteiger partial charge in [0.25, 0.3) is 0 Å². The third kappa shape index (κ3) is 1.61. The van der Waals surface area contributed by atoms with Gasteiger partial charge in [0, 0.05) is 34.4 Å². The van der Waals surface area contributed by atoms with Gasteiger partial charge in [-0.25, -0.2) is 0 Å². The van der Waals surface area contributed by atoms with E-state index in [-0.39, 0.29) is 0 Å². The van der Waals surface area contributed by atoms with E-state index in [0.29, 0.717) is 0 Å². The molecule has 0 aliphatic heterocycles. The number of terminal acetylenes is 2. The molecule has 0 N–H and O–H groups in total. The molecule has 0 nitrogen and oxygen atoms in total. The number of allylic oxidation sites excluding steroid dienone is 2. The SMILES string of the molecule is C#CC1=c2c(c3c4c(c5c(c3c3c2=CCC=3)C(=C)CC=5C#C)=CCC=4)C(=C)C1. The van der Waals surface area contributed by atoms with E-state index in [1.807, 2.05) is 0 Å². The predicted molar refractivity (Wildman–Crippen MR) is 121 cm³/mol. The van der Waals surface area contributed by atoms with Crippen molar-refractivity contribution in [3.63, 3.8) is 0 Å². The van der Waals surface area contributed by atoms with Crippen molar-refractivity contribution in [2.24, 2.45) is 0 Å². The van der Waals surface area contributed by atoms with Crippen molar-refractivity contribution in [3.05, 3.63) is 55.6 Å². The van der Waals surface area contributed by atoms with E-state index in [0.717, 1.165) is 48.0 Å². The first-order valence-corrected chi connectivity index (χ1v) is 9.74. The fourth-order valence-electron chi connectivity index (χ4n) is 5.64. The molecule has 6 rings (SSSR count). The summed E-state index contributed by atoms with van der Waals surface area (Å²) in [6, 6.07) is 0. The highest BCUT2D eigenvalue weighted by Gasteiger charge is 2.27. The summed E-state index contributed by atoms with van der Waals surface area (Å²) in [6.07, 6.45) is 24.5. The fourth-order valence-corrected chi connectivity index (χ4v) is 5.64. The van der Waals surface area contributed by atoms with E-state index in [1.54, 1.807) is 0 Å². The average molecular weight is 354 g/mol. The van der Waals surface area contributed by atoms with Gasteiger partial charge in [-0.05, 0) is 66.8 Å². The van der Waals surface area contributed by atoms with Crippen LogP contribution in [0.3, 0.4) is 0 Å². The van der Waals surface area contributed by atoms with Crippen molar-refractivity contribution in [2.45, 2.75) is 25.7 Å². The van der Waals surface area contributed by atoms with Crippen LogP contribution in [0.4, 0.5) is 0 Å². The molecule has 0 unspecified atom stereocenters. The maximum absolute atomic E-state index is 5.90. The van der Waals surface area contributed by atoms with Crippen LogP contribution in [0, 0.1) is 24.7 Å². The number of hydrogen-bond acceptors (Lipinski definition) is 0. The smallest absolute Gasteiger partial charge is 0.0146 e. The standard InChI is InChI=1S/C28H18/c1-5-17-13-15(3)23-25(17)19-9-7-11-21(19)28-24-16(4)14-18(6-2)26(24)20-10-8-12-22(20)27(23)28/h1-2,9-12H,3-4,7-8,13-14H2. The Balaban J connectivity index is 2.12. The van der Waals surface area contributed by atoms with Crippen LogP contribution < -0.4 is 31.3 Å². The summed E-state index contributed by atoms with van der Waals surface area (Å²) in [5.74, 6) is 5.89. The average Bonchev–Trinajstić information content (AvgIpc) is 3.45. The molecule has 2 aromatic carbocycles. The summed E-state index contributed by atoms with van der Waals surface area (Å²) in [7, 11) is 0. The summed E-state index contributed by atoms with van der Waals surface area (Å²) in [5.41, 5.74) is 6.89. The van der Waals surface area contributed by atoms with Crippen molar-refractivity contribution in [3.8, 4) is 24.7 Å². The zero-order valence-electron chi connectivity index (χ0n) is 15.7. The molecule has 0 radical (unpaired) electrons. The zero-order chi connectivity index (χ0) is 19.2. The molecule has 0 saturated carbocycles. The molecule has 0 bridgehead atoms. The molecule has 4 aliphatic carbocycles. The Kier molecular flexibility index (Phi) is 2.82. The van der Waals surface area contributed by atoms with Gasteiger partial charge in [0.1, 0.15) is 0 Å². The molecule has 130 valence electrons. The molecule has 0 spiro atoms. The minimum atomic E-state index is 0.767. The maximum atomic E-state index is 5.90. The van der Waals surface area contributed by atoms with E-state index < -0.39 is 0 Å². The van der Waals surface area contributed by atoms with Crippen LogP contribution in [0.25, 0.3) is 57.4 Å². The lowest BCUT2D eigenvalue weighted by Gasteiger charge is -2.12. The molecule has 0 aromatic heterocycles. The Labute approximate surface area is 163 Å². The number of fused-ring (bicyclic) bond motifs is 11. The van der Waals surface area contributed by atoms with Crippen molar-refractivity contribution >= 4 is 57.4 Å². The third-order valence-electron chi connectivity index (χ3n) is 6.64. The van der Waals surface area contributed by atoms with Crippen molar-refractivity contribution in [1.29, 1.82) is 0 Å². The zero-order valence-corrected chi connectivity index (χ0v) is 15.7. The number of hydrogen-bond donors (Lipinski definition) is 0. The molecule has 4 aliphatic rings. The quantitative estimate of drug-likeness (QED) is 0.623. The highest BCUT2D eigenvalue weighted by molar-refractivity contribution is 6.08. The topological polar surface area (TPSA) is 0 Å². The van der Waals surface area contributed by atoms with Crippen molar-refractivity contribution in [2.75, 3.05) is 0 Å². The van der Waals surface area contributed by atoms with E-state index in [9.17, 15) is 0 Å². The van der Waals surface area contributed by atoms with E-state index in [4.69, 9.17) is 12.8 Å². The molecule has 0 saturated heterocycles. The first-order chi connectivity index (χ1) is 13.7. The Morgan fingerprint density at radius 3 is 1.43 bits per heavy atom. The summed E-state index contributed by atoms with van der Waals surface area (Å²) in [4.78, 5) is 0. The lowest BCUT2D eigenvalue weighted by atomic mass is 9.90. The van der Waals surface area contributed by atoms with Gasteiger partial charge in [0.2, 0.25) is 0 Å². The van der Waals surface area contributed by atoms with Crippen molar-refractivity contribution < 1.29 is 0 Å². The van der Waals surface area contributed by atoms with Gasteiger partial charge in [0.05, 0.1) is 0 Å². The second kappa shape index (κ2) is 5.07. The molecule has 0 heterocycles. The lowest BCUT2D eigenvalue weighted by Crippen LogP contribution is -2.46. The van der Waals surface area contributed by atoms with E-state index >= 15 is 0 Å². The monoisotopic (exact) mass is 354 g/mol. The number of benzene rings is 2. The first kappa shape index (κ1) is 15.6. The molecule has 2 aromatic rings. The maximum Gasteiger partial charge on any atom is 0.0146 e. The van der Waals surface area contributed by atoms with Gasteiger partial charge in [0.15, 0.2) is 0 Å². The second-order valence-electron chi connectivity index (χ2n) is 8.00. The molecule has 0 atom stereocenters. The van der Waals surface area contributed by atoms with Crippen LogP contribution in [0.1, 0.15) is 36.8 Å². The summed E-state index contributed by atoms with van der Waals surface area (Å²) < 4.78 is 0. The van der Waals surface area contributed by atoms with Crippen LogP contribution >= 0.6 is 0 Å². The summed E-state index contributed by atoms with van der Waals surface area (Å²) in [5, 5.41) is 10.2. The van der Waals surface area contributed by atoms with Crippen LogP contribution in [-0.4, -0.2) is 0 Å². The van der Waals surface area contributed by atoms with Gasteiger partial charge in [-0.1, -0.05) is 49.3 Å². The third-order valence-corrected chi connectivity index (χ3v) is 6.64. The molecule has 28 heavy (non-hydrogen) atoms. The van der Waals surface area contributed by atoms with Crippen LogP contribution in [0.15, 0.2) is 13.2 Å². The van der Waals surface area contributed by atoms with Crippen LogP contribution in [0.5, 0.6) is 0 Å². The van der Waals surface area contributed by atoms with E-state index in [1.165, 1.54) is 53.2 Å². The highest BCUT2D eigenvalue weighted by atomic mass is 14.3. The second-order valence-corrected chi connectivity index (χ2v) is 8.00. The lowest BCUT2D eigenvalue weighted by molar-refractivity contribution is 1.44. The Morgan fingerprint density at radius 2 is 1.04 bits per heavy atom. The van der Waals surface area contributed by atoms with Gasteiger partial charge in [-0.2, -0.15) is 0 Å². The predicted octanol–water partition coefficient (Wildman–Crippen LogP) is 1.17. The molecule has 0 fully saturated rings. The first-order valence-electron chi connectivity index (χ1n) is 9.74. The van der Waals surface area contributed by atoms with Gasteiger partial charge < -0.3 is 0 Å². The minimum Gasteiger partial charge on any atom is -0.115 e. The molecule has 0 heteroatoms. The Hall–Kier alpha value is -3.48. The normalized spacial score (nSPS) is 17.8. The fraction of sp³-hybridized carbons (Fsp3) is 0.143. The minimum absolute atomic E-state index is 0.767. The van der Waals surface area contributed by atoms with Crippen molar-refractivity contribution in [1.82, 2.24) is 0 Å². The summed E-state index contributed by atoms with van der Waals surface area (Å²) >= 11 is 0. The summed E-state index contributed by atoms with van der Waals surface area (Å²) in [6.45, 7) is 8.83. The largest absolute Gasteiger partial charge is 0.115 e. The van der Waals surface area contributed by atoms with Crippen LogP contribution in [0.2, 0.25) is 0 Å². The van der Waals surface area contributed by atoms with Gasteiger partial charge in [-0.3, -0.25) is 0 Å². The molecular weight excluding hydrogens is 336 g/mol. The Morgan fingerprint density at radius 1 is 0.643 bits per heavy atom. The van der Waals surface area contributed by atoms with Gasteiger partial charge in [-0.15, -0.1) is 12.8 Å². The molecular formula is C28H18. The number of rotatable bonds is 0. The van der Waals surface area contributed by atoms with Crippen LogP contribution in [-0.2, 0) is 0 Å².